The Morgan fingerprint density at radius 3 is 2.73 bits per heavy atom. The molecule has 3 heterocycles. The second-order valence-electron chi connectivity index (χ2n) is 4.31. The average Bonchev–Trinajstić information content (AvgIpc) is 3.16. The third kappa shape index (κ3) is 3.18. The van der Waals surface area contributed by atoms with Gasteiger partial charge in [0, 0.05) is 29.1 Å². The average molecular weight is 362 g/mol. The third-order valence-electron chi connectivity index (χ3n) is 2.76. The molecule has 0 fully saturated rings. The van der Waals surface area contributed by atoms with Crippen LogP contribution in [-0.2, 0) is 19.0 Å². The molecule has 0 aliphatic rings. The first-order valence-corrected chi connectivity index (χ1v) is 8.82. The van der Waals surface area contributed by atoms with E-state index < -0.39 is 12.0 Å². The molecule has 0 N–H and O–H groups in total. The van der Waals surface area contributed by atoms with E-state index in [2.05, 4.69) is 15.2 Å². The van der Waals surface area contributed by atoms with Gasteiger partial charge < -0.3 is 4.57 Å². The number of thiazole rings is 1. The minimum atomic E-state index is -4.49. The van der Waals surface area contributed by atoms with Crippen molar-refractivity contribution in [1.82, 2.24) is 19.7 Å². The predicted molar refractivity (Wildman–Crippen MR) is 81.0 cm³/mol. The molecule has 0 amide bonds. The Hall–Kier alpha value is -1.39. The lowest BCUT2D eigenvalue weighted by molar-refractivity contribution is -0.147. The van der Waals surface area contributed by atoms with Crippen molar-refractivity contribution in [2.75, 3.05) is 0 Å². The second-order valence-corrected chi connectivity index (χ2v) is 6.89. The smallest absolute Gasteiger partial charge is 0.302 e. The van der Waals surface area contributed by atoms with Gasteiger partial charge in [-0.05, 0) is 11.4 Å². The van der Waals surface area contributed by atoms with Crippen LogP contribution in [0.1, 0.15) is 11.5 Å². The highest BCUT2D eigenvalue weighted by Gasteiger charge is 2.37. The lowest BCUT2D eigenvalue weighted by atomic mass is 10.4. The van der Waals surface area contributed by atoms with E-state index in [9.17, 15) is 13.2 Å². The molecule has 3 rings (SSSR count). The highest BCUT2D eigenvalue weighted by atomic mass is 32.2. The molecule has 0 atom stereocenters. The zero-order chi connectivity index (χ0) is 15.7. The fourth-order valence-corrected chi connectivity index (χ4v) is 4.16. The molecule has 3 aromatic rings. The summed E-state index contributed by atoms with van der Waals surface area (Å²) in [6, 6.07) is 1.98. The summed E-state index contributed by atoms with van der Waals surface area (Å²) in [4.78, 5) is 4.48. The molecule has 0 unspecified atom stereocenters. The summed E-state index contributed by atoms with van der Waals surface area (Å²) >= 11 is 4.29. The topological polar surface area (TPSA) is 43.6 Å². The van der Waals surface area contributed by atoms with Gasteiger partial charge in [-0.25, -0.2) is 4.98 Å². The molecule has 0 bridgehead atoms. The molecule has 0 spiro atoms. The molecule has 116 valence electrons. The van der Waals surface area contributed by atoms with Crippen LogP contribution >= 0.6 is 34.4 Å². The van der Waals surface area contributed by atoms with Crippen LogP contribution in [0.3, 0.4) is 0 Å². The van der Waals surface area contributed by atoms with Crippen LogP contribution in [0.15, 0.2) is 27.4 Å². The number of rotatable bonds is 4. The Labute approximate surface area is 136 Å². The predicted octanol–water partition coefficient (Wildman–Crippen LogP) is 4.31. The van der Waals surface area contributed by atoms with Crippen molar-refractivity contribution in [2.24, 2.45) is 7.05 Å². The van der Waals surface area contributed by atoms with Gasteiger partial charge in [-0.15, -0.1) is 21.5 Å². The van der Waals surface area contributed by atoms with Crippen LogP contribution < -0.4 is 0 Å². The van der Waals surface area contributed by atoms with Crippen LogP contribution in [-0.4, -0.2) is 19.7 Å². The van der Waals surface area contributed by atoms with Crippen molar-refractivity contribution >= 4 is 34.4 Å². The fraction of sp³-hybridized carbons (Fsp3) is 0.250. The molecule has 3 aromatic heterocycles. The molecular formula is C12H9F3N4S3. The Bertz CT molecular complexity index is 761. The Kier molecular flexibility index (Phi) is 4.24. The quantitative estimate of drug-likeness (QED) is 0.649. The lowest BCUT2D eigenvalue weighted by Crippen LogP contribution is -2.12. The Morgan fingerprint density at radius 1 is 1.27 bits per heavy atom. The van der Waals surface area contributed by atoms with Gasteiger partial charge in [0.25, 0.3) is 0 Å². The first-order valence-electron chi connectivity index (χ1n) is 6.01. The molecule has 0 aliphatic carbocycles. The SMILES string of the molecule is Cn1c(SCc2csc(-c3ccsc3)n2)nnc1C(F)(F)F. The van der Waals surface area contributed by atoms with Gasteiger partial charge in [0.1, 0.15) is 5.01 Å². The number of hydrogen-bond acceptors (Lipinski definition) is 6. The van der Waals surface area contributed by atoms with E-state index in [4.69, 9.17) is 0 Å². The molecule has 22 heavy (non-hydrogen) atoms. The molecule has 0 aromatic carbocycles. The highest BCUT2D eigenvalue weighted by Crippen LogP contribution is 2.31. The third-order valence-corrected chi connectivity index (χ3v) is 5.43. The lowest BCUT2D eigenvalue weighted by Gasteiger charge is -2.05. The Morgan fingerprint density at radius 2 is 2.09 bits per heavy atom. The van der Waals surface area contributed by atoms with Gasteiger partial charge >= 0.3 is 6.18 Å². The van der Waals surface area contributed by atoms with Crippen LogP contribution in [0.25, 0.3) is 10.6 Å². The summed E-state index contributed by atoms with van der Waals surface area (Å²) in [6.45, 7) is 0. The van der Waals surface area contributed by atoms with Crippen LogP contribution in [0.5, 0.6) is 0 Å². The van der Waals surface area contributed by atoms with Crippen molar-refractivity contribution in [1.29, 1.82) is 0 Å². The van der Waals surface area contributed by atoms with Gasteiger partial charge in [0.2, 0.25) is 5.82 Å². The van der Waals surface area contributed by atoms with E-state index in [1.165, 1.54) is 30.1 Å². The van der Waals surface area contributed by atoms with E-state index in [0.717, 1.165) is 20.8 Å². The largest absolute Gasteiger partial charge is 0.451 e. The standard InChI is InChI=1S/C12H9F3N4S3/c1-19-10(12(13,14)15)17-18-11(19)22-6-8-5-21-9(16-8)7-2-3-20-4-7/h2-5H,6H2,1H3. The van der Waals surface area contributed by atoms with Crippen molar-refractivity contribution in [2.45, 2.75) is 17.1 Å². The maximum Gasteiger partial charge on any atom is 0.451 e. The number of thiophene rings is 1. The monoisotopic (exact) mass is 362 g/mol. The number of aromatic nitrogens is 4. The van der Waals surface area contributed by atoms with Crippen LogP contribution in [0, 0.1) is 0 Å². The van der Waals surface area contributed by atoms with E-state index >= 15 is 0 Å². The summed E-state index contributed by atoms with van der Waals surface area (Å²) in [7, 11) is 1.31. The normalized spacial score (nSPS) is 12.0. The number of nitrogens with zero attached hydrogens (tertiary/aromatic N) is 4. The highest BCUT2D eigenvalue weighted by molar-refractivity contribution is 7.98. The maximum atomic E-state index is 12.6. The minimum absolute atomic E-state index is 0.220. The molecule has 10 heteroatoms. The summed E-state index contributed by atoms with van der Waals surface area (Å²) in [5, 5.41) is 13.8. The summed E-state index contributed by atoms with van der Waals surface area (Å²) in [5.74, 6) is -0.544. The number of hydrogen-bond donors (Lipinski definition) is 0. The van der Waals surface area contributed by atoms with E-state index in [0.29, 0.717) is 5.75 Å². The van der Waals surface area contributed by atoms with Gasteiger partial charge in [-0.2, -0.15) is 24.5 Å². The van der Waals surface area contributed by atoms with E-state index in [1.54, 1.807) is 11.3 Å². The van der Waals surface area contributed by atoms with Crippen molar-refractivity contribution in [3.63, 3.8) is 0 Å². The summed E-state index contributed by atoms with van der Waals surface area (Å²) < 4.78 is 38.9. The van der Waals surface area contributed by atoms with Gasteiger partial charge in [0.05, 0.1) is 5.69 Å². The number of alkyl halides is 3. The first-order chi connectivity index (χ1) is 10.4. The molecule has 0 saturated heterocycles. The van der Waals surface area contributed by atoms with Crippen molar-refractivity contribution in [3.8, 4) is 10.6 Å². The minimum Gasteiger partial charge on any atom is -0.302 e. The molecule has 0 saturated carbocycles. The zero-order valence-electron chi connectivity index (χ0n) is 11.2. The zero-order valence-corrected chi connectivity index (χ0v) is 13.6. The van der Waals surface area contributed by atoms with Gasteiger partial charge in [-0.1, -0.05) is 11.8 Å². The fourth-order valence-electron chi connectivity index (χ4n) is 1.72. The summed E-state index contributed by atoms with van der Waals surface area (Å²) in [6.07, 6.45) is -4.49. The van der Waals surface area contributed by atoms with Crippen LogP contribution in [0.4, 0.5) is 13.2 Å². The van der Waals surface area contributed by atoms with Gasteiger partial charge in [0.15, 0.2) is 5.16 Å². The molecular weight excluding hydrogens is 353 g/mol. The Balaban J connectivity index is 1.70. The molecule has 0 radical (unpaired) electrons. The van der Waals surface area contributed by atoms with Crippen molar-refractivity contribution in [3.05, 3.63) is 33.7 Å². The molecule has 0 aliphatic heterocycles. The first kappa shape index (κ1) is 15.5. The van der Waals surface area contributed by atoms with E-state index in [1.807, 2.05) is 22.2 Å². The van der Waals surface area contributed by atoms with Crippen molar-refractivity contribution < 1.29 is 13.2 Å². The number of halogens is 3. The molecule has 4 nitrogen and oxygen atoms in total. The number of thioether (sulfide) groups is 1. The summed E-state index contributed by atoms with van der Waals surface area (Å²) in [5.41, 5.74) is 1.87. The maximum absolute atomic E-state index is 12.6. The van der Waals surface area contributed by atoms with E-state index in [-0.39, 0.29) is 5.16 Å². The second kappa shape index (κ2) is 6.01. The van der Waals surface area contributed by atoms with Gasteiger partial charge in [-0.3, -0.25) is 0 Å². The van der Waals surface area contributed by atoms with Crippen LogP contribution in [0.2, 0.25) is 0 Å².